The van der Waals surface area contributed by atoms with Crippen molar-refractivity contribution in [2.24, 2.45) is 5.73 Å². The Labute approximate surface area is 97.6 Å². The first kappa shape index (κ1) is 11.2. The van der Waals surface area contributed by atoms with Crippen LogP contribution in [-0.4, -0.2) is 24.0 Å². The number of carbonyl (C=O) groups excluding carboxylic acids is 2. The lowest BCUT2D eigenvalue weighted by molar-refractivity contribution is -0.139. The number of esters is 1. The van der Waals surface area contributed by atoms with Crippen LogP contribution >= 0.6 is 0 Å². The first-order chi connectivity index (χ1) is 8.13. The van der Waals surface area contributed by atoms with E-state index in [9.17, 15) is 9.59 Å². The van der Waals surface area contributed by atoms with E-state index >= 15 is 0 Å². The lowest BCUT2D eigenvalue weighted by Gasteiger charge is -2.00. The van der Waals surface area contributed by atoms with Crippen LogP contribution in [0.15, 0.2) is 24.3 Å². The number of rotatable bonds is 3. The third kappa shape index (κ3) is 1.99. The van der Waals surface area contributed by atoms with Crippen molar-refractivity contribution in [1.29, 1.82) is 0 Å². The number of hydrogen-bond acceptors (Lipinski definition) is 3. The average molecular weight is 232 g/mol. The lowest BCUT2D eigenvalue weighted by atomic mass is 10.1. The molecular weight excluding hydrogens is 220 g/mol. The smallest absolute Gasteiger partial charge is 0.310 e. The second-order valence-electron chi connectivity index (χ2n) is 3.64. The Bertz CT molecular complexity index is 586. The molecule has 0 aliphatic carbocycles. The third-order valence-corrected chi connectivity index (χ3v) is 2.61. The number of fused-ring (bicyclic) bond motifs is 1. The fraction of sp³-hybridized carbons (Fsp3) is 0.167. The zero-order chi connectivity index (χ0) is 12.4. The molecule has 0 saturated carbocycles. The summed E-state index contributed by atoms with van der Waals surface area (Å²) in [7, 11) is 1.31. The predicted octanol–water partition coefficient (Wildman–Crippen LogP) is 0.982. The summed E-state index contributed by atoms with van der Waals surface area (Å²) in [5.74, 6) is -0.989. The van der Waals surface area contributed by atoms with Gasteiger partial charge < -0.3 is 15.5 Å². The summed E-state index contributed by atoms with van der Waals surface area (Å²) in [5, 5.41) is 0.812. The van der Waals surface area contributed by atoms with Crippen molar-refractivity contribution in [1.82, 2.24) is 4.98 Å². The molecule has 0 fully saturated rings. The maximum Gasteiger partial charge on any atom is 0.310 e. The largest absolute Gasteiger partial charge is 0.469 e. The van der Waals surface area contributed by atoms with E-state index in [1.54, 1.807) is 0 Å². The molecule has 2 aromatic rings. The zero-order valence-electron chi connectivity index (χ0n) is 9.32. The van der Waals surface area contributed by atoms with Crippen LogP contribution in [0, 0.1) is 0 Å². The maximum atomic E-state index is 11.3. The minimum atomic E-state index is -0.583. The molecule has 0 saturated heterocycles. The summed E-state index contributed by atoms with van der Waals surface area (Å²) in [6, 6.07) is 7.33. The monoisotopic (exact) mass is 232 g/mol. The van der Waals surface area contributed by atoms with Crippen molar-refractivity contribution in [3.05, 3.63) is 35.5 Å². The summed E-state index contributed by atoms with van der Waals surface area (Å²) in [6.45, 7) is 0. The van der Waals surface area contributed by atoms with Crippen molar-refractivity contribution in [2.45, 2.75) is 6.42 Å². The number of amides is 1. The summed E-state index contributed by atoms with van der Waals surface area (Å²) < 4.78 is 4.60. The van der Waals surface area contributed by atoms with Gasteiger partial charge in [0.1, 0.15) is 5.69 Å². The number of para-hydroxylation sites is 1. The second kappa shape index (κ2) is 4.29. The van der Waals surface area contributed by atoms with E-state index in [4.69, 9.17) is 5.73 Å². The SMILES string of the molecule is COC(=O)Cc1c(C(N)=O)[nH]c2ccccc12. The van der Waals surface area contributed by atoms with Crippen molar-refractivity contribution in [3.63, 3.8) is 0 Å². The highest BCUT2D eigenvalue weighted by Gasteiger charge is 2.17. The van der Waals surface area contributed by atoms with Crippen LogP contribution in [0.25, 0.3) is 10.9 Å². The molecule has 0 atom stereocenters. The van der Waals surface area contributed by atoms with Gasteiger partial charge in [0.05, 0.1) is 13.5 Å². The number of H-pyrrole nitrogens is 1. The number of methoxy groups -OCH3 is 1. The number of nitrogens with one attached hydrogen (secondary N) is 1. The Morgan fingerprint density at radius 1 is 1.35 bits per heavy atom. The molecule has 88 valence electrons. The minimum Gasteiger partial charge on any atom is -0.469 e. The molecule has 0 spiro atoms. The van der Waals surface area contributed by atoms with Gasteiger partial charge in [0.15, 0.2) is 0 Å². The number of primary amides is 1. The van der Waals surface area contributed by atoms with Gasteiger partial charge >= 0.3 is 5.97 Å². The number of hydrogen-bond donors (Lipinski definition) is 2. The Kier molecular flexibility index (Phi) is 2.82. The van der Waals surface area contributed by atoms with Crippen LogP contribution < -0.4 is 5.73 Å². The number of benzene rings is 1. The molecule has 0 bridgehead atoms. The topological polar surface area (TPSA) is 85.2 Å². The van der Waals surface area contributed by atoms with Gasteiger partial charge in [0, 0.05) is 16.5 Å². The van der Waals surface area contributed by atoms with Crippen molar-refractivity contribution in [3.8, 4) is 0 Å². The normalized spacial score (nSPS) is 10.4. The summed E-state index contributed by atoms with van der Waals surface area (Å²) in [6.07, 6.45) is 0.0266. The van der Waals surface area contributed by atoms with Gasteiger partial charge in [-0.15, -0.1) is 0 Å². The number of carbonyl (C=O) groups is 2. The molecular formula is C12H12N2O3. The lowest BCUT2D eigenvalue weighted by Crippen LogP contribution is -2.15. The maximum absolute atomic E-state index is 11.3. The molecule has 1 aromatic heterocycles. The van der Waals surface area contributed by atoms with E-state index in [2.05, 4.69) is 9.72 Å². The molecule has 0 aliphatic heterocycles. The third-order valence-electron chi connectivity index (χ3n) is 2.61. The van der Waals surface area contributed by atoms with E-state index in [1.165, 1.54) is 7.11 Å². The highest BCUT2D eigenvalue weighted by Crippen LogP contribution is 2.22. The van der Waals surface area contributed by atoms with Gasteiger partial charge in [-0.2, -0.15) is 0 Å². The van der Waals surface area contributed by atoms with Crippen LogP contribution in [-0.2, 0) is 16.0 Å². The van der Waals surface area contributed by atoms with Crippen LogP contribution in [0.3, 0.4) is 0 Å². The first-order valence-corrected chi connectivity index (χ1v) is 5.09. The van der Waals surface area contributed by atoms with Gasteiger partial charge in [-0.1, -0.05) is 18.2 Å². The van der Waals surface area contributed by atoms with E-state index in [1.807, 2.05) is 24.3 Å². The molecule has 1 heterocycles. The molecule has 5 heteroatoms. The Morgan fingerprint density at radius 3 is 2.71 bits per heavy atom. The number of aromatic amines is 1. The molecule has 2 rings (SSSR count). The minimum absolute atomic E-state index is 0.0266. The Hall–Kier alpha value is -2.30. The number of nitrogens with two attached hydrogens (primary N) is 1. The van der Waals surface area contributed by atoms with E-state index in [0.29, 0.717) is 5.56 Å². The fourth-order valence-electron chi connectivity index (χ4n) is 1.81. The molecule has 3 N–H and O–H groups in total. The van der Waals surface area contributed by atoms with Crippen molar-refractivity contribution >= 4 is 22.8 Å². The van der Waals surface area contributed by atoms with Gasteiger partial charge in [-0.05, 0) is 6.07 Å². The predicted molar refractivity (Wildman–Crippen MR) is 62.5 cm³/mol. The van der Waals surface area contributed by atoms with Gasteiger partial charge in [-0.25, -0.2) is 0 Å². The van der Waals surface area contributed by atoms with E-state index in [0.717, 1.165) is 10.9 Å². The fourth-order valence-corrected chi connectivity index (χ4v) is 1.81. The van der Waals surface area contributed by atoms with Crippen LogP contribution in [0.4, 0.5) is 0 Å². The molecule has 17 heavy (non-hydrogen) atoms. The van der Waals surface area contributed by atoms with Crippen molar-refractivity contribution < 1.29 is 14.3 Å². The van der Waals surface area contributed by atoms with Crippen LogP contribution in [0.2, 0.25) is 0 Å². The molecule has 0 aliphatic rings. The summed E-state index contributed by atoms with van der Waals surface area (Å²) in [5.41, 5.74) is 6.90. The summed E-state index contributed by atoms with van der Waals surface area (Å²) >= 11 is 0. The highest BCUT2D eigenvalue weighted by molar-refractivity contribution is 6.01. The standard InChI is InChI=1S/C12H12N2O3/c1-17-10(15)6-8-7-4-2-3-5-9(7)14-11(8)12(13)16/h2-5,14H,6H2,1H3,(H2,13,16). The van der Waals surface area contributed by atoms with Gasteiger partial charge in [-0.3, -0.25) is 9.59 Å². The quantitative estimate of drug-likeness (QED) is 0.773. The first-order valence-electron chi connectivity index (χ1n) is 5.09. The number of aromatic nitrogens is 1. The number of ether oxygens (including phenoxy) is 1. The second-order valence-corrected chi connectivity index (χ2v) is 3.64. The molecule has 1 aromatic carbocycles. The van der Waals surface area contributed by atoms with E-state index in [-0.39, 0.29) is 12.1 Å². The van der Waals surface area contributed by atoms with Crippen LogP contribution in [0.1, 0.15) is 16.1 Å². The molecule has 5 nitrogen and oxygen atoms in total. The van der Waals surface area contributed by atoms with Gasteiger partial charge in [0.2, 0.25) is 0 Å². The molecule has 0 radical (unpaired) electrons. The van der Waals surface area contributed by atoms with E-state index < -0.39 is 11.9 Å². The highest BCUT2D eigenvalue weighted by atomic mass is 16.5. The molecule has 0 unspecified atom stereocenters. The Balaban J connectivity index is 2.59. The van der Waals surface area contributed by atoms with Crippen LogP contribution in [0.5, 0.6) is 0 Å². The average Bonchev–Trinajstić information content (AvgIpc) is 2.68. The Morgan fingerprint density at radius 2 is 2.06 bits per heavy atom. The van der Waals surface area contributed by atoms with Gasteiger partial charge in [0.25, 0.3) is 5.91 Å². The van der Waals surface area contributed by atoms with Crippen molar-refractivity contribution in [2.75, 3.05) is 7.11 Å². The summed E-state index contributed by atoms with van der Waals surface area (Å²) in [4.78, 5) is 25.5. The zero-order valence-corrected chi connectivity index (χ0v) is 9.32. The molecule has 1 amide bonds.